The number of anilines is 1. The molecule has 2 aromatic carbocycles. The maximum absolute atomic E-state index is 12.2. The number of nitrogens with two attached hydrogens (primary N) is 1. The second-order valence-corrected chi connectivity index (χ2v) is 7.12. The Hall–Kier alpha value is -1.08. The molecular formula is C13H12BrClN2O2S. The molecule has 0 fully saturated rings. The molecule has 0 amide bonds. The summed E-state index contributed by atoms with van der Waals surface area (Å²) in [4.78, 5) is -0.0166. The van der Waals surface area contributed by atoms with E-state index in [1.54, 1.807) is 6.07 Å². The first-order valence-corrected chi connectivity index (χ1v) is 8.33. The van der Waals surface area contributed by atoms with Gasteiger partial charge in [-0.15, -0.1) is 0 Å². The smallest absolute Gasteiger partial charge is 0.242 e. The molecule has 3 N–H and O–H groups in total. The van der Waals surface area contributed by atoms with Gasteiger partial charge in [-0.3, -0.25) is 0 Å². The SMILES string of the molecule is Nc1ccc(Cl)cc1S(=O)(=O)NCc1ccccc1Br. The fraction of sp³-hybridized carbons (Fsp3) is 0.0769. The molecule has 0 heterocycles. The lowest BCUT2D eigenvalue weighted by atomic mass is 10.2. The number of nitrogens with one attached hydrogen (secondary N) is 1. The van der Waals surface area contributed by atoms with Crippen molar-refractivity contribution in [1.82, 2.24) is 4.72 Å². The number of hydrogen-bond donors (Lipinski definition) is 2. The Labute approximate surface area is 131 Å². The number of hydrogen-bond acceptors (Lipinski definition) is 3. The van der Waals surface area contributed by atoms with Gasteiger partial charge in [0.2, 0.25) is 10.0 Å². The van der Waals surface area contributed by atoms with Gasteiger partial charge in [-0.05, 0) is 29.8 Å². The summed E-state index contributed by atoms with van der Waals surface area (Å²) < 4.78 is 27.8. The Bertz CT molecular complexity index is 735. The Balaban J connectivity index is 2.24. The van der Waals surface area contributed by atoms with E-state index in [1.165, 1.54) is 12.1 Å². The Morgan fingerprint density at radius 1 is 1.20 bits per heavy atom. The normalized spacial score (nSPS) is 11.5. The van der Waals surface area contributed by atoms with E-state index in [0.717, 1.165) is 10.0 Å². The predicted molar refractivity (Wildman–Crippen MR) is 84.0 cm³/mol. The monoisotopic (exact) mass is 374 g/mol. The van der Waals surface area contributed by atoms with Crippen LogP contribution >= 0.6 is 27.5 Å². The Kier molecular flexibility index (Phi) is 4.70. The third-order valence-corrected chi connectivity index (χ3v) is 5.14. The fourth-order valence-corrected chi connectivity index (χ4v) is 3.46. The van der Waals surface area contributed by atoms with Gasteiger partial charge in [0.05, 0.1) is 5.69 Å². The highest BCUT2D eigenvalue weighted by Gasteiger charge is 2.18. The zero-order chi connectivity index (χ0) is 14.8. The van der Waals surface area contributed by atoms with Crippen molar-refractivity contribution in [3.05, 3.63) is 57.5 Å². The molecule has 2 rings (SSSR count). The average molecular weight is 376 g/mol. The van der Waals surface area contributed by atoms with Crippen molar-refractivity contribution < 1.29 is 8.42 Å². The molecule has 106 valence electrons. The Morgan fingerprint density at radius 2 is 1.90 bits per heavy atom. The van der Waals surface area contributed by atoms with Crippen LogP contribution in [0.15, 0.2) is 51.8 Å². The van der Waals surface area contributed by atoms with Gasteiger partial charge in [0.1, 0.15) is 4.90 Å². The lowest BCUT2D eigenvalue weighted by Crippen LogP contribution is -2.24. The molecule has 2 aromatic rings. The topological polar surface area (TPSA) is 72.2 Å². The first-order valence-electron chi connectivity index (χ1n) is 5.68. The fourth-order valence-electron chi connectivity index (χ4n) is 1.63. The lowest BCUT2D eigenvalue weighted by molar-refractivity contribution is 0.581. The van der Waals surface area contributed by atoms with Gasteiger partial charge < -0.3 is 5.73 Å². The molecule has 0 unspecified atom stereocenters. The van der Waals surface area contributed by atoms with Gasteiger partial charge in [0, 0.05) is 16.0 Å². The summed E-state index contributed by atoms with van der Waals surface area (Å²) in [7, 11) is -3.71. The van der Waals surface area contributed by atoms with Gasteiger partial charge in [-0.25, -0.2) is 13.1 Å². The molecule has 0 saturated heterocycles. The van der Waals surface area contributed by atoms with Crippen molar-refractivity contribution in [1.29, 1.82) is 0 Å². The average Bonchev–Trinajstić information content (AvgIpc) is 2.40. The first-order chi connectivity index (χ1) is 9.40. The van der Waals surface area contributed by atoms with E-state index in [0.29, 0.717) is 5.02 Å². The summed E-state index contributed by atoms with van der Waals surface area (Å²) >= 11 is 9.18. The molecule has 0 aliphatic carbocycles. The van der Waals surface area contributed by atoms with Gasteiger partial charge in [-0.1, -0.05) is 45.7 Å². The molecule has 0 atom stereocenters. The van der Waals surface area contributed by atoms with Gasteiger partial charge in [0.15, 0.2) is 0 Å². The van der Waals surface area contributed by atoms with Crippen molar-refractivity contribution in [2.75, 3.05) is 5.73 Å². The molecule has 0 aliphatic rings. The highest BCUT2D eigenvalue weighted by atomic mass is 79.9. The lowest BCUT2D eigenvalue weighted by Gasteiger charge is -2.10. The van der Waals surface area contributed by atoms with Gasteiger partial charge >= 0.3 is 0 Å². The molecular weight excluding hydrogens is 364 g/mol. The van der Waals surface area contributed by atoms with Crippen LogP contribution in [0.3, 0.4) is 0 Å². The predicted octanol–water partition coefficient (Wildman–Crippen LogP) is 3.16. The van der Waals surface area contributed by atoms with Crippen LogP contribution in [-0.2, 0) is 16.6 Å². The summed E-state index contributed by atoms with van der Waals surface area (Å²) in [6.45, 7) is 0.162. The highest BCUT2D eigenvalue weighted by molar-refractivity contribution is 9.10. The van der Waals surface area contributed by atoms with Crippen LogP contribution in [0.2, 0.25) is 5.02 Å². The second kappa shape index (κ2) is 6.13. The third-order valence-electron chi connectivity index (χ3n) is 2.68. The van der Waals surface area contributed by atoms with Gasteiger partial charge in [-0.2, -0.15) is 0 Å². The number of nitrogen functional groups attached to an aromatic ring is 1. The summed E-state index contributed by atoms with van der Waals surface area (Å²) in [5, 5.41) is 0.320. The standard InChI is InChI=1S/C13H12BrClN2O2S/c14-11-4-2-1-3-9(11)8-17-20(18,19)13-7-10(15)5-6-12(13)16/h1-7,17H,8,16H2. The molecule has 7 heteroatoms. The van der Waals surface area contributed by atoms with Crippen LogP contribution in [0.1, 0.15) is 5.56 Å². The molecule has 0 saturated carbocycles. The van der Waals surface area contributed by atoms with Crippen molar-refractivity contribution in [3.63, 3.8) is 0 Å². The van der Waals surface area contributed by atoms with Crippen LogP contribution < -0.4 is 10.5 Å². The summed E-state index contributed by atoms with van der Waals surface area (Å²) in [5.74, 6) is 0. The number of sulfonamides is 1. The van der Waals surface area contributed by atoms with E-state index in [4.69, 9.17) is 17.3 Å². The highest BCUT2D eigenvalue weighted by Crippen LogP contribution is 2.23. The molecule has 0 bridgehead atoms. The van der Waals surface area contributed by atoms with E-state index < -0.39 is 10.0 Å². The number of benzene rings is 2. The zero-order valence-corrected chi connectivity index (χ0v) is 13.5. The molecule has 0 radical (unpaired) electrons. The number of rotatable bonds is 4. The minimum atomic E-state index is -3.71. The van der Waals surface area contributed by atoms with Gasteiger partial charge in [0.25, 0.3) is 0 Å². The molecule has 0 aliphatic heterocycles. The Morgan fingerprint density at radius 3 is 2.60 bits per heavy atom. The van der Waals surface area contributed by atoms with Crippen LogP contribution in [-0.4, -0.2) is 8.42 Å². The maximum Gasteiger partial charge on any atom is 0.242 e. The van der Waals surface area contributed by atoms with Crippen molar-refractivity contribution in [2.24, 2.45) is 0 Å². The van der Waals surface area contributed by atoms with E-state index in [9.17, 15) is 8.42 Å². The maximum atomic E-state index is 12.2. The van der Waals surface area contributed by atoms with Crippen molar-refractivity contribution >= 4 is 43.2 Å². The van der Waals surface area contributed by atoms with E-state index >= 15 is 0 Å². The molecule has 0 spiro atoms. The summed E-state index contributed by atoms with van der Waals surface area (Å²) in [5.41, 5.74) is 6.68. The summed E-state index contributed by atoms with van der Waals surface area (Å²) in [6, 6.07) is 11.7. The van der Waals surface area contributed by atoms with E-state index in [2.05, 4.69) is 20.7 Å². The zero-order valence-electron chi connectivity index (χ0n) is 10.3. The van der Waals surface area contributed by atoms with Crippen molar-refractivity contribution in [3.8, 4) is 0 Å². The largest absolute Gasteiger partial charge is 0.398 e. The first kappa shape index (κ1) is 15.3. The third kappa shape index (κ3) is 3.52. The van der Waals surface area contributed by atoms with E-state index in [-0.39, 0.29) is 17.1 Å². The van der Waals surface area contributed by atoms with Crippen LogP contribution in [0.5, 0.6) is 0 Å². The van der Waals surface area contributed by atoms with Crippen LogP contribution in [0, 0.1) is 0 Å². The van der Waals surface area contributed by atoms with Crippen LogP contribution in [0.25, 0.3) is 0 Å². The van der Waals surface area contributed by atoms with E-state index in [1.807, 2.05) is 24.3 Å². The summed E-state index contributed by atoms with van der Waals surface area (Å²) in [6.07, 6.45) is 0. The van der Waals surface area contributed by atoms with Crippen molar-refractivity contribution in [2.45, 2.75) is 11.4 Å². The molecule has 4 nitrogen and oxygen atoms in total. The molecule has 20 heavy (non-hydrogen) atoms. The second-order valence-electron chi connectivity index (χ2n) is 4.10. The minimum absolute atomic E-state index is 0.0166. The molecule has 0 aromatic heterocycles. The quantitative estimate of drug-likeness (QED) is 0.806. The number of halogens is 2. The van der Waals surface area contributed by atoms with Crippen LogP contribution in [0.4, 0.5) is 5.69 Å². The minimum Gasteiger partial charge on any atom is -0.398 e.